The molecule has 3 aliphatic rings. The maximum atomic E-state index is 14.4. The smallest absolute Gasteiger partial charge is 0.435 e. The number of carbonyl (C=O) groups is 4. The largest absolute Gasteiger partial charge is 0.477 e. The predicted octanol–water partition coefficient (Wildman–Crippen LogP) is 3.39. The Bertz CT molecular complexity index is 2520. The quantitative estimate of drug-likeness (QED) is 0.115. The zero-order valence-corrected chi connectivity index (χ0v) is 34.7. The molecule has 0 aliphatic carbocycles. The molecule has 0 unspecified atom stereocenters. The van der Waals surface area contributed by atoms with Gasteiger partial charge in [0.05, 0.1) is 53.2 Å². The van der Waals surface area contributed by atoms with Gasteiger partial charge in [-0.15, -0.1) is 0 Å². The summed E-state index contributed by atoms with van der Waals surface area (Å²) in [4.78, 5) is 67.3. The Labute approximate surface area is 358 Å². The van der Waals surface area contributed by atoms with Crippen LogP contribution < -0.4 is 16.4 Å². The Hall–Kier alpha value is -5.83. The van der Waals surface area contributed by atoms with Crippen molar-refractivity contribution < 1.29 is 41.9 Å². The molecule has 0 radical (unpaired) electrons. The molecule has 7 heterocycles. The summed E-state index contributed by atoms with van der Waals surface area (Å²) in [5.74, 6) is -1.65. The first-order chi connectivity index (χ1) is 29.6. The topological polar surface area (TPSA) is 209 Å². The highest BCUT2D eigenvalue weighted by Crippen LogP contribution is 2.37. The van der Waals surface area contributed by atoms with Gasteiger partial charge in [0, 0.05) is 106 Å². The molecule has 5 aromatic rings. The van der Waals surface area contributed by atoms with Crippen LogP contribution in [0.2, 0.25) is 5.02 Å². The number of H-pyrrole nitrogens is 1. The van der Waals surface area contributed by atoms with E-state index >= 15 is 0 Å². The lowest BCUT2D eigenvalue weighted by molar-refractivity contribution is -0.929. The number of piperazine rings is 1. The molecule has 3 saturated heterocycles. The van der Waals surface area contributed by atoms with Crippen molar-refractivity contribution in [3.63, 3.8) is 0 Å². The van der Waals surface area contributed by atoms with Crippen LogP contribution in [0.1, 0.15) is 45.2 Å². The number of piperidine rings is 1. The van der Waals surface area contributed by atoms with E-state index in [0.717, 1.165) is 41.6 Å². The molecular formula is C41H47ClF3N12O5+. The number of aliphatic carboxylic acids is 1. The van der Waals surface area contributed by atoms with Crippen LogP contribution in [0.3, 0.4) is 0 Å². The van der Waals surface area contributed by atoms with E-state index in [1.54, 1.807) is 15.9 Å². The number of fused-ring (bicyclic) bond motifs is 1. The molecule has 6 N–H and O–H groups in total. The van der Waals surface area contributed by atoms with Gasteiger partial charge in [-0.3, -0.25) is 14.4 Å². The summed E-state index contributed by atoms with van der Waals surface area (Å²) in [6.07, 6.45) is 0.868. The molecule has 17 nitrogen and oxygen atoms in total. The number of carboxylic acid groups (broad SMARTS) is 1. The molecule has 62 heavy (non-hydrogen) atoms. The highest BCUT2D eigenvalue weighted by Gasteiger charge is 2.43. The van der Waals surface area contributed by atoms with Gasteiger partial charge in [0.1, 0.15) is 0 Å². The van der Waals surface area contributed by atoms with Gasteiger partial charge in [-0.05, 0) is 37.2 Å². The number of nitrogens with zero attached hydrogens (tertiary/aromatic N) is 8. The number of pyridine rings is 1. The summed E-state index contributed by atoms with van der Waals surface area (Å²) >= 11 is 6.57. The normalized spacial score (nSPS) is 19.7. The van der Waals surface area contributed by atoms with Gasteiger partial charge < -0.3 is 45.3 Å². The number of hydrogen-bond acceptors (Lipinski definition) is 9. The molecule has 1 aromatic carbocycles. The molecule has 3 fully saturated rings. The van der Waals surface area contributed by atoms with Crippen LogP contribution in [0.25, 0.3) is 28.0 Å². The Morgan fingerprint density at radius 3 is 2.39 bits per heavy atom. The van der Waals surface area contributed by atoms with Crippen LogP contribution in [0.4, 0.5) is 18.9 Å². The molecule has 4 aromatic heterocycles. The second-order valence-electron chi connectivity index (χ2n) is 16.4. The van der Waals surface area contributed by atoms with Crippen LogP contribution in [0.5, 0.6) is 0 Å². The number of carbonyl (C=O) groups excluding carboxylic acids is 3. The number of carboxylic acids is 1. The van der Waals surface area contributed by atoms with Gasteiger partial charge >= 0.3 is 12.1 Å². The van der Waals surface area contributed by atoms with Crippen molar-refractivity contribution in [1.82, 2.24) is 44.4 Å². The second-order valence-corrected chi connectivity index (χ2v) is 16.8. The lowest BCUT2D eigenvalue weighted by atomic mass is 9.90. The van der Waals surface area contributed by atoms with Crippen LogP contribution in [0.15, 0.2) is 48.9 Å². The van der Waals surface area contributed by atoms with Crippen LogP contribution in [-0.4, -0.2) is 144 Å². The van der Waals surface area contributed by atoms with Crippen molar-refractivity contribution in [2.24, 2.45) is 24.6 Å². The molecule has 21 heteroatoms. The fourth-order valence-corrected chi connectivity index (χ4v) is 9.10. The molecule has 3 aliphatic heterocycles. The van der Waals surface area contributed by atoms with Crippen LogP contribution >= 0.6 is 11.6 Å². The lowest BCUT2D eigenvalue weighted by Crippen LogP contribution is -2.62. The summed E-state index contributed by atoms with van der Waals surface area (Å²) in [7, 11) is 1.41. The Morgan fingerprint density at radius 1 is 1.02 bits per heavy atom. The van der Waals surface area contributed by atoms with E-state index in [1.165, 1.54) is 42.2 Å². The number of nitrogens with two attached hydrogens (primary N) is 1. The second kappa shape index (κ2) is 17.1. The van der Waals surface area contributed by atoms with E-state index < -0.39 is 23.7 Å². The van der Waals surface area contributed by atoms with Gasteiger partial charge in [0.15, 0.2) is 23.9 Å². The first-order valence-corrected chi connectivity index (χ1v) is 20.8. The minimum absolute atomic E-state index is 0.0198. The zero-order chi connectivity index (χ0) is 43.9. The third kappa shape index (κ3) is 8.77. The number of benzene rings is 1. The number of quaternary nitrogens is 1. The molecule has 0 bridgehead atoms. The van der Waals surface area contributed by atoms with Crippen molar-refractivity contribution in [2.45, 2.75) is 25.4 Å². The summed E-state index contributed by atoms with van der Waals surface area (Å²) in [5, 5.41) is 20.2. The highest BCUT2D eigenvalue weighted by molar-refractivity contribution is 6.34. The highest BCUT2D eigenvalue weighted by atomic mass is 35.5. The molecule has 328 valence electrons. The van der Waals surface area contributed by atoms with E-state index in [0.29, 0.717) is 81.0 Å². The summed E-state index contributed by atoms with van der Waals surface area (Å²) in [6, 6.07) is 7.84. The van der Waals surface area contributed by atoms with E-state index in [4.69, 9.17) is 17.3 Å². The summed E-state index contributed by atoms with van der Waals surface area (Å²) < 4.78 is 45.8. The van der Waals surface area contributed by atoms with Gasteiger partial charge in [0.25, 0.3) is 11.8 Å². The van der Waals surface area contributed by atoms with Crippen molar-refractivity contribution in [2.75, 3.05) is 77.3 Å². The van der Waals surface area contributed by atoms with Gasteiger partial charge in [-0.25, -0.2) is 19.4 Å². The molecular weight excluding hydrogens is 833 g/mol. The van der Waals surface area contributed by atoms with Crippen LogP contribution in [-0.2, 0) is 29.2 Å². The summed E-state index contributed by atoms with van der Waals surface area (Å²) in [5.41, 5.74) is 6.08. The third-order valence-corrected chi connectivity index (χ3v) is 12.5. The van der Waals surface area contributed by atoms with E-state index in [9.17, 15) is 37.5 Å². The van der Waals surface area contributed by atoms with E-state index in [2.05, 4.69) is 30.7 Å². The Balaban J connectivity index is 0.888. The van der Waals surface area contributed by atoms with Crippen molar-refractivity contribution >= 4 is 51.9 Å². The number of imidazole rings is 1. The van der Waals surface area contributed by atoms with Crippen molar-refractivity contribution in [3.8, 4) is 17.1 Å². The number of hydrogen-bond donors (Lipinski definition) is 5. The Morgan fingerprint density at radius 2 is 1.74 bits per heavy atom. The number of nitrogens with one attached hydrogen (secondary N) is 3. The average molecular weight is 880 g/mol. The third-order valence-electron chi connectivity index (χ3n) is 12.2. The van der Waals surface area contributed by atoms with Crippen LogP contribution in [0, 0.1) is 11.8 Å². The maximum absolute atomic E-state index is 14.4. The number of likely N-dealkylation sites (tertiary alicyclic amines) is 1. The van der Waals surface area contributed by atoms with Gasteiger partial charge in [0.2, 0.25) is 5.91 Å². The van der Waals surface area contributed by atoms with Gasteiger partial charge in [-0.2, -0.15) is 18.3 Å². The number of aromatic amines is 1. The van der Waals surface area contributed by atoms with E-state index in [-0.39, 0.29) is 63.5 Å². The number of alkyl halides is 3. The molecule has 8 rings (SSSR count). The van der Waals surface area contributed by atoms with Crippen molar-refractivity contribution in [3.05, 3.63) is 76.7 Å². The number of anilines is 1. The van der Waals surface area contributed by atoms with Gasteiger partial charge in [-0.1, -0.05) is 11.6 Å². The zero-order valence-electron chi connectivity index (χ0n) is 33.9. The molecule has 0 spiro atoms. The Kier molecular flexibility index (Phi) is 11.8. The maximum Gasteiger partial charge on any atom is 0.435 e. The fraction of sp³-hybridized carbons (Fsp3) is 0.439. The number of aromatic nitrogens is 6. The van der Waals surface area contributed by atoms with E-state index in [1.807, 2.05) is 6.07 Å². The SMILES string of the molecule is Cn1c(-c2cn(-c3cc4[nH]c(CCN)cc4cn3)nc2C(F)(F)F)cnc1C(=O)Nc1ccc(C(=O)N2CCN(C(=O)C3CC[N+](CC(=O)O)(CC4CNC4)CC3)CC2)c(Cl)c1. The first kappa shape index (κ1) is 42.8. The standard InChI is InChI=1S/C41H46ClF3N12O5/c1-53-33(30-21-56(52-36(30)41(43,44)45)34-16-32-26(19-48-34)14-28(50-32)4-7-46)20-49-37(53)38(60)51-27-2-3-29(31(42)15-27)40(62)55-10-8-54(9-11-55)39(61)25-5-12-57(13-6-25,23-35(58)59)22-24-17-47-18-24/h2-3,14-16,19-21,24-25,47H,4-13,17-18,22-23,46H2,1H3,(H2-,48,50,51,58,59,60,62)/p+1. The first-order valence-electron chi connectivity index (χ1n) is 20.4. The van der Waals surface area contributed by atoms with Crippen molar-refractivity contribution in [1.29, 1.82) is 0 Å². The number of halogens is 4. The minimum atomic E-state index is -4.85. The lowest BCUT2D eigenvalue weighted by Gasteiger charge is -2.46. The monoisotopic (exact) mass is 879 g/mol. The number of rotatable bonds is 12. The molecule has 3 amide bonds. The predicted molar refractivity (Wildman–Crippen MR) is 222 cm³/mol. The minimum Gasteiger partial charge on any atom is -0.477 e. The fourth-order valence-electron chi connectivity index (χ4n) is 8.84. The average Bonchev–Trinajstić information content (AvgIpc) is 3.95. The summed E-state index contributed by atoms with van der Waals surface area (Å²) in [6.45, 7) is 5.65. The molecule has 0 atom stereocenters. The molecule has 0 saturated carbocycles. The number of amides is 3.